The molecule has 0 heterocycles. The second-order valence-corrected chi connectivity index (χ2v) is 5.78. The Balaban J connectivity index is 2.11. The van der Waals surface area contributed by atoms with E-state index in [0.29, 0.717) is 6.04 Å². The van der Waals surface area contributed by atoms with E-state index in [1.165, 1.54) is 19.3 Å². The number of hydrogen-bond acceptors (Lipinski definition) is 2. The van der Waals surface area contributed by atoms with Crippen molar-refractivity contribution < 1.29 is 4.79 Å². The third-order valence-corrected chi connectivity index (χ3v) is 4.70. The van der Waals surface area contributed by atoms with Crippen molar-refractivity contribution in [3.63, 3.8) is 0 Å². The lowest BCUT2D eigenvalue weighted by Gasteiger charge is -2.37. The number of carbonyl (C=O) groups excluding carboxylic acids is 1. The van der Waals surface area contributed by atoms with Crippen molar-refractivity contribution in [1.29, 1.82) is 5.26 Å². The maximum atomic E-state index is 12.7. The van der Waals surface area contributed by atoms with E-state index in [4.69, 9.17) is 0 Å². The SMILES string of the molecule is CCN(C(=O)C1(C#N)CCCC1)C1CCCCC1. The van der Waals surface area contributed by atoms with Crippen LogP contribution in [-0.4, -0.2) is 23.4 Å². The van der Waals surface area contributed by atoms with Crippen LogP contribution in [0.1, 0.15) is 64.7 Å². The van der Waals surface area contributed by atoms with Crippen LogP contribution >= 0.6 is 0 Å². The molecule has 0 bridgehead atoms. The zero-order valence-electron chi connectivity index (χ0n) is 11.5. The summed E-state index contributed by atoms with van der Waals surface area (Å²) in [5, 5.41) is 9.43. The van der Waals surface area contributed by atoms with Crippen LogP contribution in [0.15, 0.2) is 0 Å². The lowest BCUT2D eigenvalue weighted by molar-refractivity contribution is -0.141. The summed E-state index contributed by atoms with van der Waals surface area (Å²) in [6.07, 6.45) is 9.61. The zero-order valence-corrected chi connectivity index (χ0v) is 11.5. The molecule has 0 aromatic carbocycles. The van der Waals surface area contributed by atoms with Crippen molar-refractivity contribution in [2.24, 2.45) is 5.41 Å². The number of carbonyl (C=O) groups is 1. The Morgan fingerprint density at radius 1 is 1.22 bits per heavy atom. The van der Waals surface area contributed by atoms with E-state index in [1.807, 2.05) is 11.8 Å². The highest BCUT2D eigenvalue weighted by molar-refractivity contribution is 5.86. The van der Waals surface area contributed by atoms with Gasteiger partial charge >= 0.3 is 0 Å². The number of hydrogen-bond donors (Lipinski definition) is 0. The van der Waals surface area contributed by atoms with Crippen molar-refractivity contribution in [3.05, 3.63) is 0 Å². The van der Waals surface area contributed by atoms with Gasteiger partial charge in [0.25, 0.3) is 0 Å². The van der Waals surface area contributed by atoms with Gasteiger partial charge in [-0.15, -0.1) is 0 Å². The van der Waals surface area contributed by atoms with Gasteiger partial charge in [0, 0.05) is 12.6 Å². The maximum Gasteiger partial charge on any atom is 0.243 e. The molecule has 0 unspecified atom stereocenters. The van der Waals surface area contributed by atoms with E-state index < -0.39 is 5.41 Å². The van der Waals surface area contributed by atoms with Crippen molar-refractivity contribution in [3.8, 4) is 6.07 Å². The second-order valence-electron chi connectivity index (χ2n) is 5.78. The van der Waals surface area contributed by atoms with E-state index in [0.717, 1.165) is 45.1 Å². The first-order valence-corrected chi connectivity index (χ1v) is 7.46. The molecule has 3 nitrogen and oxygen atoms in total. The molecule has 100 valence electrons. The molecule has 0 atom stereocenters. The Hall–Kier alpha value is -1.04. The Morgan fingerprint density at radius 3 is 2.33 bits per heavy atom. The molecule has 2 fully saturated rings. The first-order valence-electron chi connectivity index (χ1n) is 7.46. The highest BCUT2D eigenvalue weighted by Gasteiger charge is 2.45. The van der Waals surface area contributed by atoms with E-state index in [2.05, 4.69) is 6.07 Å². The van der Waals surface area contributed by atoms with Gasteiger partial charge in [-0.05, 0) is 32.6 Å². The van der Waals surface area contributed by atoms with Crippen molar-refractivity contribution in [1.82, 2.24) is 4.90 Å². The molecular formula is C15H24N2O. The average Bonchev–Trinajstić information content (AvgIpc) is 2.91. The third-order valence-electron chi connectivity index (χ3n) is 4.70. The molecule has 1 amide bonds. The first-order chi connectivity index (χ1) is 8.73. The summed E-state index contributed by atoms with van der Waals surface area (Å²) in [6, 6.07) is 2.73. The fourth-order valence-corrected chi connectivity index (χ4v) is 3.59. The van der Waals surface area contributed by atoms with E-state index in [-0.39, 0.29) is 5.91 Å². The fourth-order valence-electron chi connectivity index (χ4n) is 3.59. The molecular weight excluding hydrogens is 224 g/mol. The molecule has 2 rings (SSSR count). The molecule has 0 aliphatic heterocycles. The first kappa shape index (κ1) is 13.4. The van der Waals surface area contributed by atoms with E-state index >= 15 is 0 Å². The number of nitrogens with zero attached hydrogens (tertiary/aromatic N) is 2. The van der Waals surface area contributed by atoms with Crippen molar-refractivity contribution in [2.45, 2.75) is 70.8 Å². The lowest BCUT2D eigenvalue weighted by Crippen LogP contribution is -2.48. The molecule has 0 aromatic rings. The highest BCUT2D eigenvalue weighted by Crippen LogP contribution is 2.40. The fraction of sp³-hybridized carbons (Fsp3) is 0.867. The molecule has 0 saturated heterocycles. The molecule has 0 radical (unpaired) electrons. The Bertz CT molecular complexity index is 333. The van der Waals surface area contributed by atoms with Crippen LogP contribution < -0.4 is 0 Å². The summed E-state index contributed by atoms with van der Waals surface area (Å²) >= 11 is 0. The van der Waals surface area contributed by atoms with Crippen LogP contribution in [-0.2, 0) is 4.79 Å². The quantitative estimate of drug-likeness (QED) is 0.769. The summed E-state index contributed by atoms with van der Waals surface area (Å²) < 4.78 is 0. The minimum absolute atomic E-state index is 0.122. The second kappa shape index (κ2) is 5.73. The summed E-state index contributed by atoms with van der Waals surface area (Å²) in [7, 11) is 0. The van der Waals surface area contributed by atoms with Gasteiger partial charge in [0.05, 0.1) is 6.07 Å². The molecule has 0 aromatic heterocycles. The molecule has 0 N–H and O–H groups in total. The topological polar surface area (TPSA) is 44.1 Å². The van der Waals surface area contributed by atoms with Gasteiger partial charge in [-0.25, -0.2) is 0 Å². The molecule has 2 aliphatic carbocycles. The lowest BCUT2D eigenvalue weighted by atomic mass is 9.84. The van der Waals surface area contributed by atoms with E-state index in [9.17, 15) is 10.1 Å². The molecule has 0 spiro atoms. The van der Waals surface area contributed by atoms with Crippen LogP contribution in [0, 0.1) is 16.7 Å². The Labute approximate surface area is 110 Å². The molecule has 2 aliphatic rings. The van der Waals surface area contributed by atoms with Crippen LogP contribution in [0.25, 0.3) is 0 Å². The minimum atomic E-state index is -0.687. The van der Waals surface area contributed by atoms with Gasteiger partial charge in [-0.1, -0.05) is 32.1 Å². The largest absolute Gasteiger partial charge is 0.339 e. The van der Waals surface area contributed by atoms with E-state index in [1.54, 1.807) is 0 Å². The van der Waals surface area contributed by atoms with Crippen molar-refractivity contribution >= 4 is 5.91 Å². The van der Waals surface area contributed by atoms with Gasteiger partial charge in [0.15, 0.2) is 0 Å². The minimum Gasteiger partial charge on any atom is -0.339 e. The number of nitriles is 1. The monoisotopic (exact) mass is 248 g/mol. The van der Waals surface area contributed by atoms with Crippen LogP contribution in [0.2, 0.25) is 0 Å². The predicted octanol–water partition coefficient (Wildman–Crippen LogP) is 3.25. The number of rotatable bonds is 3. The number of amides is 1. The summed E-state index contributed by atoms with van der Waals surface area (Å²) in [5.74, 6) is 0.122. The summed E-state index contributed by atoms with van der Waals surface area (Å²) in [5.41, 5.74) is -0.687. The Kier molecular flexibility index (Phi) is 4.27. The molecule has 3 heteroatoms. The van der Waals surface area contributed by atoms with Gasteiger partial charge in [-0.2, -0.15) is 5.26 Å². The van der Waals surface area contributed by atoms with Gasteiger partial charge < -0.3 is 4.90 Å². The zero-order chi connectivity index (χ0) is 13.0. The van der Waals surface area contributed by atoms with Gasteiger partial charge in [-0.3, -0.25) is 4.79 Å². The molecule has 2 saturated carbocycles. The maximum absolute atomic E-state index is 12.7. The predicted molar refractivity (Wildman–Crippen MR) is 70.8 cm³/mol. The van der Waals surface area contributed by atoms with Gasteiger partial charge in [0.1, 0.15) is 5.41 Å². The van der Waals surface area contributed by atoms with Crippen LogP contribution in [0.3, 0.4) is 0 Å². The standard InChI is InChI=1S/C15H24N2O/c1-2-17(13-8-4-3-5-9-13)14(18)15(12-16)10-6-7-11-15/h13H,2-11H2,1H3. The molecule has 18 heavy (non-hydrogen) atoms. The normalized spacial score (nSPS) is 23.6. The van der Waals surface area contributed by atoms with Crippen LogP contribution in [0.5, 0.6) is 0 Å². The summed E-state index contributed by atoms with van der Waals surface area (Å²) in [4.78, 5) is 14.7. The summed E-state index contributed by atoms with van der Waals surface area (Å²) in [6.45, 7) is 2.81. The smallest absolute Gasteiger partial charge is 0.243 e. The highest BCUT2D eigenvalue weighted by atomic mass is 16.2. The van der Waals surface area contributed by atoms with Crippen LogP contribution in [0.4, 0.5) is 0 Å². The average molecular weight is 248 g/mol. The van der Waals surface area contributed by atoms with Crippen molar-refractivity contribution in [2.75, 3.05) is 6.54 Å². The third kappa shape index (κ3) is 2.39. The van der Waals surface area contributed by atoms with Gasteiger partial charge in [0.2, 0.25) is 5.91 Å². The Morgan fingerprint density at radius 2 is 1.83 bits per heavy atom.